The van der Waals surface area contributed by atoms with Crippen molar-refractivity contribution in [1.82, 2.24) is 5.32 Å². The molecule has 4 heteroatoms. The average Bonchev–Trinajstić information content (AvgIpc) is 2.47. The first kappa shape index (κ1) is 10.5. The Morgan fingerprint density at radius 1 is 1.77 bits per heavy atom. The Morgan fingerprint density at radius 3 is 2.92 bits per heavy atom. The molecule has 1 heterocycles. The largest absolute Gasteiger partial charge is 0.350 e. The van der Waals surface area contributed by atoms with Gasteiger partial charge in [0.2, 0.25) is 0 Å². The van der Waals surface area contributed by atoms with E-state index in [0.717, 1.165) is 10.4 Å². The summed E-state index contributed by atoms with van der Waals surface area (Å²) in [5.74, 6) is -0.0278. The number of halogens is 1. The van der Waals surface area contributed by atoms with Crippen LogP contribution in [0.3, 0.4) is 0 Å². The number of carbonyl (C=O) groups excluding carboxylic acids is 1. The molecular weight excluding hydrogens is 206 g/mol. The second kappa shape index (κ2) is 4.63. The van der Waals surface area contributed by atoms with Gasteiger partial charge in [-0.05, 0) is 30.9 Å². The third-order valence-electron chi connectivity index (χ3n) is 1.61. The highest BCUT2D eigenvalue weighted by molar-refractivity contribution is 7.12. The lowest BCUT2D eigenvalue weighted by atomic mass is 10.3. The maximum Gasteiger partial charge on any atom is 0.261 e. The lowest BCUT2D eigenvalue weighted by molar-refractivity contribution is 0.0957. The van der Waals surface area contributed by atoms with E-state index in [9.17, 15) is 4.79 Å². The molecule has 1 N–H and O–H groups in total. The molecule has 1 rings (SSSR count). The number of thiophene rings is 1. The predicted molar refractivity (Wildman–Crippen MR) is 56.7 cm³/mol. The molecule has 0 aliphatic heterocycles. The highest BCUT2D eigenvalue weighted by Crippen LogP contribution is 2.14. The SMILES string of the molecule is Cc1ccsc1C(=O)NCC(C)Cl. The summed E-state index contributed by atoms with van der Waals surface area (Å²) in [6, 6.07) is 1.93. The zero-order chi connectivity index (χ0) is 9.84. The lowest BCUT2D eigenvalue weighted by Gasteiger charge is -2.05. The van der Waals surface area contributed by atoms with E-state index >= 15 is 0 Å². The number of carbonyl (C=O) groups is 1. The number of nitrogens with one attached hydrogen (secondary N) is 1. The van der Waals surface area contributed by atoms with Gasteiger partial charge in [-0.1, -0.05) is 0 Å². The van der Waals surface area contributed by atoms with Crippen LogP contribution in [0.2, 0.25) is 0 Å². The van der Waals surface area contributed by atoms with Crippen LogP contribution in [-0.4, -0.2) is 17.8 Å². The third kappa shape index (κ3) is 3.01. The van der Waals surface area contributed by atoms with Gasteiger partial charge in [0.25, 0.3) is 5.91 Å². The molecule has 0 fully saturated rings. The molecule has 1 atom stereocenters. The molecule has 2 nitrogen and oxygen atoms in total. The van der Waals surface area contributed by atoms with Crippen LogP contribution >= 0.6 is 22.9 Å². The topological polar surface area (TPSA) is 29.1 Å². The average molecular weight is 218 g/mol. The minimum absolute atomic E-state index is 0.0239. The van der Waals surface area contributed by atoms with Gasteiger partial charge in [-0.25, -0.2) is 0 Å². The second-order valence-electron chi connectivity index (χ2n) is 2.92. The first-order valence-electron chi connectivity index (χ1n) is 4.07. The number of hydrogen-bond donors (Lipinski definition) is 1. The molecule has 0 saturated heterocycles. The maximum atomic E-state index is 11.5. The third-order valence-corrected chi connectivity index (χ3v) is 2.78. The van der Waals surface area contributed by atoms with E-state index in [4.69, 9.17) is 11.6 Å². The van der Waals surface area contributed by atoms with Crippen molar-refractivity contribution in [1.29, 1.82) is 0 Å². The Hall–Kier alpha value is -0.540. The first-order chi connectivity index (χ1) is 6.11. The number of aryl methyl sites for hydroxylation is 1. The molecule has 1 aromatic heterocycles. The normalized spacial score (nSPS) is 12.5. The van der Waals surface area contributed by atoms with E-state index in [1.807, 2.05) is 25.3 Å². The summed E-state index contributed by atoms with van der Waals surface area (Å²) in [7, 11) is 0. The lowest BCUT2D eigenvalue weighted by Crippen LogP contribution is -2.28. The molecular formula is C9H12ClNOS. The van der Waals surface area contributed by atoms with Gasteiger partial charge in [0.05, 0.1) is 4.88 Å². The van der Waals surface area contributed by atoms with Crippen LogP contribution in [0.25, 0.3) is 0 Å². The van der Waals surface area contributed by atoms with Crippen molar-refractivity contribution in [3.05, 3.63) is 21.9 Å². The van der Waals surface area contributed by atoms with Crippen LogP contribution in [0.15, 0.2) is 11.4 Å². The molecule has 0 radical (unpaired) electrons. The summed E-state index contributed by atoms with van der Waals surface area (Å²) in [6.07, 6.45) is 0. The van der Waals surface area contributed by atoms with Crippen molar-refractivity contribution >= 4 is 28.8 Å². The van der Waals surface area contributed by atoms with Gasteiger partial charge in [0.15, 0.2) is 0 Å². The van der Waals surface area contributed by atoms with E-state index in [1.54, 1.807) is 0 Å². The highest BCUT2D eigenvalue weighted by atomic mass is 35.5. The molecule has 13 heavy (non-hydrogen) atoms. The molecule has 0 saturated carbocycles. The van der Waals surface area contributed by atoms with Crippen LogP contribution in [0.1, 0.15) is 22.2 Å². The van der Waals surface area contributed by atoms with Gasteiger partial charge in [-0.3, -0.25) is 4.79 Å². The Kier molecular flexibility index (Phi) is 3.75. The van der Waals surface area contributed by atoms with E-state index in [-0.39, 0.29) is 11.3 Å². The number of alkyl halides is 1. The van der Waals surface area contributed by atoms with E-state index < -0.39 is 0 Å². The van der Waals surface area contributed by atoms with Crippen molar-refractivity contribution in [2.45, 2.75) is 19.2 Å². The molecule has 0 aliphatic rings. The van der Waals surface area contributed by atoms with Crippen molar-refractivity contribution in [3.8, 4) is 0 Å². The summed E-state index contributed by atoms with van der Waals surface area (Å²) in [4.78, 5) is 12.2. The van der Waals surface area contributed by atoms with Crippen molar-refractivity contribution in [3.63, 3.8) is 0 Å². The predicted octanol–water partition coefficient (Wildman–Crippen LogP) is 2.41. The molecule has 0 aliphatic carbocycles. The van der Waals surface area contributed by atoms with Crippen molar-refractivity contribution < 1.29 is 4.79 Å². The van der Waals surface area contributed by atoms with Crippen LogP contribution in [0, 0.1) is 6.92 Å². The Morgan fingerprint density at radius 2 is 2.46 bits per heavy atom. The number of hydrogen-bond acceptors (Lipinski definition) is 2. The smallest absolute Gasteiger partial charge is 0.261 e. The van der Waals surface area contributed by atoms with Crippen molar-refractivity contribution in [2.75, 3.05) is 6.54 Å². The van der Waals surface area contributed by atoms with Gasteiger partial charge in [-0.15, -0.1) is 22.9 Å². The summed E-state index contributed by atoms with van der Waals surface area (Å²) >= 11 is 7.17. The van der Waals surface area contributed by atoms with Gasteiger partial charge in [0, 0.05) is 11.9 Å². The summed E-state index contributed by atoms with van der Waals surface area (Å²) in [5, 5.41) is 4.65. The zero-order valence-electron chi connectivity index (χ0n) is 7.63. The Labute approximate surface area is 86.9 Å². The van der Waals surface area contributed by atoms with Gasteiger partial charge in [0.1, 0.15) is 0 Å². The fraction of sp³-hybridized carbons (Fsp3) is 0.444. The molecule has 1 unspecified atom stereocenters. The number of amides is 1. The zero-order valence-corrected chi connectivity index (χ0v) is 9.21. The quantitative estimate of drug-likeness (QED) is 0.775. The summed E-state index contributed by atoms with van der Waals surface area (Å²) in [6.45, 7) is 4.29. The van der Waals surface area contributed by atoms with Gasteiger partial charge < -0.3 is 5.32 Å². The second-order valence-corrected chi connectivity index (χ2v) is 4.58. The summed E-state index contributed by atoms with van der Waals surface area (Å²) in [5.41, 5.74) is 1.02. The standard InChI is InChI=1S/C9H12ClNOS/c1-6-3-4-13-8(6)9(12)11-5-7(2)10/h3-4,7H,5H2,1-2H3,(H,11,12). The Balaban J connectivity index is 2.54. The Bertz CT molecular complexity index is 296. The van der Waals surface area contributed by atoms with Gasteiger partial charge >= 0.3 is 0 Å². The fourth-order valence-corrected chi connectivity index (χ4v) is 1.84. The molecule has 0 aromatic carbocycles. The highest BCUT2D eigenvalue weighted by Gasteiger charge is 2.09. The molecule has 72 valence electrons. The fourth-order valence-electron chi connectivity index (χ4n) is 0.919. The first-order valence-corrected chi connectivity index (χ1v) is 5.39. The molecule has 1 aromatic rings. The minimum atomic E-state index is -0.0278. The summed E-state index contributed by atoms with van der Waals surface area (Å²) < 4.78 is 0. The van der Waals surface area contributed by atoms with Crippen LogP contribution in [0.5, 0.6) is 0 Å². The number of rotatable bonds is 3. The van der Waals surface area contributed by atoms with E-state index in [0.29, 0.717) is 6.54 Å². The van der Waals surface area contributed by atoms with E-state index in [2.05, 4.69) is 5.32 Å². The van der Waals surface area contributed by atoms with Crippen LogP contribution < -0.4 is 5.32 Å². The van der Waals surface area contributed by atoms with Gasteiger partial charge in [-0.2, -0.15) is 0 Å². The monoisotopic (exact) mass is 217 g/mol. The molecule has 1 amide bonds. The van der Waals surface area contributed by atoms with Crippen LogP contribution in [0.4, 0.5) is 0 Å². The maximum absolute atomic E-state index is 11.5. The molecule has 0 bridgehead atoms. The van der Waals surface area contributed by atoms with E-state index in [1.165, 1.54) is 11.3 Å². The van der Waals surface area contributed by atoms with Crippen molar-refractivity contribution in [2.24, 2.45) is 0 Å². The van der Waals surface area contributed by atoms with Crippen LogP contribution in [-0.2, 0) is 0 Å². The molecule has 0 spiro atoms. The minimum Gasteiger partial charge on any atom is -0.350 e.